The molecule has 2 rings (SSSR count). The Morgan fingerprint density at radius 1 is 1.40 bits per heavy atom. The van der Waals surface area contributed by atoms with E-state index in [2.05, 4.69) is 10.6 Å². The van der Waals surface area contributed by atoms with Crippen molar-refractivity contribution in [3.8, 4) is 11.5 Å². The van der Waals surface area contributed by atoms with Gasteiger partial charge in [0.2, 0.25) is 0 Å². The number of phenolic OH excluding ortho intramolecular Hbond substituents is 2. The number of rotatable bonds is 2. The topological polar surface area (TPSA) is 81.6 Å². The standard InChI is InChI=1S/C10H12N2O3/c13-8-3-1-2-7(9(8)14)10(15)12-6-4-11-5-6/h1-3,6,11,13-14H,4-5H2,(H,12,15). The van der Waals surface area contributed by atoms with Crippen molar-refractivity contribution in [1.29, 1.82) is 0 Å². The van der Waals surface area contributed by atoms with Crippen molar-refractivity contribution in [1.82, 2.24) is 10.6 Å². The molecule has 0 aromatic heterocycles. The molecule has 0 saturated carbocycles. The third-order valence-electron chi connectivity index (χ3n) is 2.38. The van der Waals surface area contributed by atoms with Crippen molar-refractivity contribution in [2.75, 3.05) is 13.1 Å². The van der Waals surface area contributed by atoms with Gasteiger partial charge in [-0.2, -0.15) is 0 Å². The maximum absolute atomic E-state index is 11.6. The molecule has 0 bridgehead atoms. The van der Waals surface area contributed by atoms with Gasteiger partial charge in [0.15, 0.2) is 11.5 Å². The zero-order chi connectivity index (χ0) is 10.8. The summed E-state index contributed by atoms with van der Waals surface area (Å²) in [6.07, 6.45) is 0. The number of hydrogen-bond acceptors (Lipinski definition) is 4. The molecule has 0 spiro atoms. The molecule has 1 amide bonds. The highest BCUT2D eigenvalue weighted by molar-refractivity contribution is 5.97. The van der Waals surface area contributed by atoms with E-state index in [-0.39, 0.29) is 29.0 Å². The highest BCUT2D eigenvalue weighted by Crippen LogP contribution is 2.27. The fourth-order valence-corrected chi connectivity index (χ4v) is 1.37. The smallest absolute Gasteiger partial charge is 0.255 e. The van der Waals surface area contributed by atoms with E-state index in [9.17, 15) is 15.0 Å². The lowest BCUT2D eigenvalue weighted by molar-refractivity contribution is 0.0920. The quantitative estimate of drug-likeness (QED) is 0.507. The first-order valence-electron chi connectivity index (χ1n) is 4.71. The largest absolute Gasteiger partial charge is 0.504 e. The van der Waals surface area contributed by atoms with Crippen LogP contribution in [0.5, 0.6) is 11.5 Å². The Morgan fingerprint density at radius 2 is 2.13 bits per heavy atom. The molecule has 1 saturated heterocycles. The van der Waals surface area contributed by atoms with Crippen molar-refractivity contribution in [2.45, 2.75) is 6.04 Å². The summed E-state index contributed by atoms with van der Waals surface area (Å²) in [6.45, 7) is 1.48. The van der Waals surface area contributed by atoms with E-state index in [1.165, 1.54) is 18.2 Å². The number of carbonyl (C=O) groups is 1. The first kappa shape index (κ1) is 9.79. The summed E-state index contributed by atoms with van der Waals surface area (Å²) in [7, 11) is 0. The van der Waals surface area contributed by atoms with Crippen molar-refractivity contribution in [3.05, 3.63) is 23.8 Å². The predicted molar refractivity (Wildman–Crippen MR) is 53.9 cm³/mol. The van der Waals surface area contributed by atoms with Crippen LogP contribution in [0.3, 0.4) is 0 Å². The summed E-state index contributed by atoms with van der Waals surface area (Å²) < 4.78 is 0. The average Bonchev–Trinajstić information content (AvgIpc) is 2.15. The van der Waals surface area contributed by atoms with Crippen LogP contribution in [0, 0.1) is 0 Å². The van der Waals surface area contributed by atoms with Gasteiger partial charge >= 0.3 is 0 Å². The molecule has 1 aliphatic heterocycles. The number of para-hydroxylation sites is 1. The summed E-state index contributed by atoms with van der Waals surface area (Å²) in [5.41, 5.74) is 0.0990. The van der Waals surface area contributed by atoms with Gasteiger partial charge in [0.1, 0.15) is 0 Å². The Hall–Kier alpha value is -1.75. The Balaban J connectivity index is 2.13. The molecule has 1 aromatic rings. The van der Waals surface area contributed by atoms with Crippen LogP contribution in [-0.4, -0.2) is 35.3 Å². The highest BCUT2D eigenvalue weighted by atomic mass is 16.3. The fraction of sp³-hybridized carbons (Fsp3) is 0.300. The van der Waals surface area contributed by atoms with Crippen molar-refractivity contribution >= 4 is 5.91 Å². The molecule has 1 fully saturated rings. The summed E-state index contributed by atoms with van der Waals surface area (Å²) in [5.74, 6) is -1.02. The summed E-state index contributed by atoms with van der Waals surface area (Å²) in [4.78, 5) is 11.6. The number of carbonyl (C=O) groups excluding carboxylic acids is 1. The van der Waals surface area contributed by atoms with Gasteiger partial charge in [0.25, 0.3) is 5.91 Å². The van der Waals surface area contributed by atoms with Crippen LogP contribution in [0.1, 0.15) is 10.4 Å². The lowest BCUT2D eigenvalue weighted by Crippen LogP contribution is -2.56. The number of amides is 1. The van der Waals surface area contributed by atoms with Crippen molar-refractivity contribution in [2.24, 2.45) is 0 Å². The second kappa shape index (κ2) is 3.78. The Kier molecular flexibility index (Phi) is 2.47. The Labute approximate surface area is 86.7 Å². The van der Waals surface area contributed by atoms with E-state index in [0.717, 1.165) is 13.1 Å². The lowest BCUT2D eigenvalue weighted by Gasteiger charge is -2.28. The Morgan fingerprint density at radius 3 is 2.73 bits per heavy atom. The number of aromatic hydroxyl groups is 2. The van der Waals surface area contributed by atoms with Gasteiger partial charge in [0, 0.05) is 13.1 Å². The third-order valence-corrected chi connectivity index (χ3v) is 2.38. The predicted octanol–water partition coefficient (Wildman–Crippen LogP) is -0.201. The summed E-state index contributed by atoms with van der Waals surface area (Å²) in [6, 6.07) is 4.43. The molecular weight excluding hydrogens is 196 g/mol. The maximum Gasteiger partial charge on any atom is 0.255 e. The van der Waals surface area contributed by atoms with Gasteiger partial charge in [-0.1, -0.05) is 6.07 Å². The van der Waals surface area contributed by atoms with Gasteiger partial charge < -0.3 is 20.8 Å². The van der Waals surface area contributed by atoms with Crippen LogP contribution in [-0.2, 0) is 0 Å². The minimum Gasteiger partial charge on any atom is -0.504 e. The molecule has 0 atom stereocenters. The van der Waals surface area contributed by atoms with Gasteiger partial charge in [-0.15, -0.1) is 0 Å². The summed E-state index contributed by atoms with van der Waals surface area (Å²) in [5, 5.41) is 24.4. The molecule has 0 radical (unpaired) electrons. The molecule has 5 heteroatoms. The van der Waals surface area contributed by atoms with Crippen LogP contribution in [0.2, 0.25) is 0 Å². The maximum atomic E-state index is 11.6. The first-order valence-corrected chi connectivity index (χ1v) is 4.71. The molecule has 1 aromatic carbocycles. The van der Waals surface area contributed by atoms with E-state index in [1.807, 2.05) is 0 Å². The number of benzene rings is 1. The molecular formula is C10H12N2O3. The second-order valence-electron chi connectivity index (χ2n) is 3.50. The van der Waals surface area contributed by atoms with Crippen LogP contribution in [0.25, 0.3) is 0 Å². The zero-order valence-corrected chi connectivity index (χ0v) is 8.03. The van der Waals surface area contributed by atoms with Gasteiger partial charge in [-0.25, -0.2) is 0 Å². The molecule has 0 unspecified atom stereocenters. The van der Waals surface area contributed by atoms with E-state index in [4.69, 9.17) is 0 Å². The van der Waals surface area contributed by atoms with Crippen LogP contribution in [0.4, 0.5) is 0 Å². The molecule has 80 valence electrons. The normalized spacial score (nSPS) is 15.7. The van der Waals surface area contributed by atoms with Crippen LogP contribution in [0.15, 0.2) is 18.2 Å². The molecule has 0 aliphatic carbocycles. The van der Waals surface area contributed by atoms with Gasteiger partial charge in [-0.05, 0) is 12.1 Å². The fourth-order valence-electron chi connectivity index (χ4n) is 1.37. The first-order chi connectivity index (χ1) is 7.18. The van der Waals surface area contributed by atoms with E-state index < -0.39 is 0 Å². The Bertz CT molecular complexity index is 388. The van der Waals surface area contributed by atoms with E-state index in [0.29, 0.717) is 0 Å². The van der Waals surface area contributed by atoms with E-state index in [1.54, 1.807) is 0 Å². The van der Waals surface area contributed by atoms with Gasteiger partial charge in [-0.3, -0.25) is 4.79 Å². The SMILES string of the molecule is O=C(NC1CNC1)c1cccc(O)c1O. The van der Waals surface area contributed by atoms with Crippen molar-refractivity contribution in [3.63, 3.8) is 0 Å². The number of nitrogens with one attached hydrogen (secondary N) is 2. The number of phenols is 2. The average molecular weight is 208 g/mol. The molecule has 4 N–H and O–H groups in total. The van der Waals surface area contributed by atoms with Crippen molar-refractivity contribution < 1.29 is 15.0 Å². The number of hydrogen-bond donors (Lipinski definition) is 4. The molecule has 1 heterocycles. The van der Waals surface area contributed by atoms with E-state index >= 15 is 0 Å². The second-order valence-corrected chi connectivity index (χ2v) is 3.50. The summed E-state index contributed by atoms with van der Waals surface area (Å²) >= 11 is 0. The third kappa shape index (κ3) is 1.87. The minimum atomic E-state index is -0.373. The highest BCUT2D eigenvalue weighted by Gasteiger charge is 2.21. The monoisotopic (exact) mass is 208 g/mol. The van der Waals surface area contributed by atoms with Gasteiger partial charge in [0.05, 0.1) is 11.6 Å². The van der Waals surface area contributed by atoms with Crippen LogP contribution >= 0.6 is 0 Å². The molecule has 1 aliphatic rings. The lowest BCUT2D eigenvalue weighted by atomic mass is 10.1. The van der Waals surface area contributed by atoms with Crippen LogP contribution < -0.4 is 10.6 Å². The minimum absolute atomic E-state index is 0.0990. The zero-order valence-electron chi connectivity index (χ0n) is 8.03. The molecule has 5 nitrogen and oxygen atoms in total. The molecule has 15 heavy (non-hydrogen) atoms.